The summed E-state index contributed by atoms with van der Waals surface area (Å²) in [7, 11) is -3.81. The molecule has 1 aliphatic heterocycles. The van der Waals surface area contributed by atoms with Crippen molar-refractivity contribution in [3.63, 3.8) is 0 Å². The molecule has 0 saturated carbocycles. The predicted octanol–water partition coefficient (Wildman–Crippen LogP) is 1.63. The van der Waals surface area contributed by atoms with E-state index >= 15 is 0 Å². The van der Waals surface area contributed by atoms with Gasteiger partial charge in [0.1, 0.15) is 0 Å². The molecular formula is C18H20N2O5S. The largest absolute Gasteiger partial charge is 0.480 e. The van der Waals surface area contributed by atoms with Crippen molar-refractivity contribution in [3.8, 4) is 0 Å². The molecule has 0 radical (unpaired) electrons. The number of nitrogens with zero attached hydrogens (tertiary/aromatic N) is 1. The Kier molecular flexibility index (Phi) is 4.47. The van der Waals surface area contributed by atoms with Crippen LogP contribution in [0.4, 0.5) is 0 Å². The van der Waals surface area contributed by atoms with E-state index in [1.807, 2.05) is 12.1 Å². The Labute approximate surface area is 151 Å². The van der Waals surface area contributed by atoms with Crippen molar-refractivity contribution in [2.24, 2.45) is 5.92 Å². The Bertz CT molecular complexity index is 984. The number of amides is 1. The first-order valence-corrected chi connectivity index (χ1v) is 9.77. The maximum Gasteiger partial charge on any atom is 0.321 e. The Morgan fingerprint density at radius 2 is 2.00 bits per heavy atom. The number of pyridine rings is 1. The van der Waals surface area contributed by atoms with Crippen molar-refractivity contribution in [2.75, 3.05) is 6.54 Å². The molecule has 7 nitrogen and oxygen atoms in total. The van der Waals surface area contributed by atoms with Crippen molar-refractivity contribution in [1.29, 1.82) is 0 Å². The molecule has 0 spiro atoms. The van der Waals surface area contributed by atoms with Crippen LogP contribution in [0.1, 0.15) is 30.6 Å². The lowest BCUT2D eigenvalue weighted by molar-refractivity contribution is -0.136. The Morgan fingerprint density at radius 1 is 1.27 bits per heavy atom. The van der Waals surface area contributed by atoms with Crippen LogP contribution in [0.3, 0.4) is 0 Å². The van der Waals surface area contributed by atoms with Crippen LogP contribution in [-0.4, -0.2) is 46.9 Å². The molecule has 1 amide bonds. The van der Waals surface area contributed by atoms with E-state index in [-0.39, 0.29) is 18.9 Å². The van der Waals surface area contributed by atoms with Crippen molar-refractivity contribution >= 4 is 32.5 Å². The third kappa shape index (κ3) is 2.94. The highest BCUT2D eigenvalue weighted by Crippen LogP contribution is 2.41. The van der Waals surface area contributed by atoms with Crippen molar-refractivity contribution in [1.82, 2.24) is 10.3 Å². The first-order chi connectivity index (χ1) is 12.1. The summed E-state index contributed by atoms with van der Waals surface area (Å²) in [6.45, 7) is 3.13. The quantitative estimate of drug-likeness (QED) is 0.838. The highest BCUT2D eigenvalue weighted by Gasteiger charge is 2.56. The Balaban J connectivity index is 1.75. The number of carboxylic acid groups (broad SMARTS) is 1. The number of fused-ring (bicyclic) bond motifs is 1. The molecule has 0 bridgehead atoms. The van der Waals surface area contributed by atoms with E-state index < -0.39 is 31.7 Å². The summed E-state index contributed by atoms with van der Waals surface area (Å²) in [6.07, 6.45) is 3.33. The second-order valence-corrected chi connectivity index (χ2v) is 9.77. The maximum absolute atomic E-state index is 12.4. The number of benzene rings is 1. The fourth-order valence-corrected chi connectivity index (χ4v) is 5.50. The Morgan fingerprint density at radius 3 is 2.65 bits per heavy atom. The van der Waals surface area contributed by atoms with Gasteiger partial charge < -0.3 is 10.4 Å². The lowest BCUT2D eigenvalue weighted by Gasteiger charge is -2.25. The maximum atomic E-state index is 12.4. The first kappa shape index (κ1) is 18.3. The fourth-order valence-electron chi connectivity index (χ4n) is 3.37. The summed E-state index contributed by atoms with van der Waals surface area (Å²) in [4.78, 5) is 27.7. The summed E-state index contributed by atoms with van der Waals surface area (Å²) < 4.78 is 23.6. The number of hydrogen-bond acceptors (Lipinski definition) is 5. The number of hydrogen-bond donors (Lipinski definition) is 2. The van der Waals surface area contributed by atoms with Gasteiger partial charge in [-0.3, -0.25) is 14.6 Å². The number of carbonyl (C=O) groups excluding carboxylic acids is 1. The van der Waals surface area contributed by atoms with Crippen LogP contribution in [0.25, 0.3) is 10.8 Å². The van der Waals surface area contributed by atoms with Gasteiger partial charge in [-0.2, -0.15) is 0 Å². The second-order valence-electron chi connectivity index (χ2n) is 7.06. The summed E-state index contributed by atoms with van der Waals surface area (Å²) in [6, 6.07) is 7.06. The molecule has 0 aliphatic carbocycles. The summed E-state index contributed by atoms with van der Waals surface area (Å²) in [5.74, 6) is -2.14. The van der Waals surface area contributed by atoms with Gasteiger partial charge in [0.05, 0.1) is 4.75 Å². The Hall–Kier alpha value is -2.48. The molecule has 1 saturated heterocycles. The third-order valence-corrected chi connectivity index (χ3v) is 8.22. The summed E-state index contributed by atoms with van der Waals surface area (Å²) in [5.41, 5.74) is 0.443. The predicted molar refractivity (Wildman–Crippen MR) is 96.6 cm³/mol. The number of rotatable bonds is 4. The van der Waals surface area contributed by atoms with Gasteiger partial charge >= 0.3 is 5.97 Å². The SMILES string of the molecule is CC1(C)C(CNC(=O)c2ccc3ccncc3c2)CC(C(=O)O)S1(=O)=O. The van der Waals surface area contributed by atoms with Crippen molar-refractivity contribution < 1.29 is 23.1 Å². The van der Waals surface area contributed by atoms with E-state index in [2.05, 4.69) is 10.3 Å². The highest BCUT2D eigenvalue weighted by molar-refractivity contribution is 7.94. The van der Waals surface area contributed by atoms with Gasteiger partial charge in [0, 0.05) is 29.9 Å². The van der Waals surface area contributed by atoms with Crippen LogP contribution in [0.15, 0.2) is 36.7 Å². The standard InChI is InChI=1S/C18H20N2O5S/c1-18(2)14(8-15(17(22)23)26(18,24)25)10-20-16(21)12-4-3-11-5-6-19-9-13(11)7-12/h3-7,9,14-15H,8,10H2,1-2H3,(H,20,21)(H,22,23). The van der Waals surface area contributed by atoms with E-state index in [1.165, 1.54) is 13.8 Å². The van der Waals surface area contributed by atoms with Crippen LogP contribution in [-0.2, 0) is 14.6 Å². The molecule has 1 aromatic carbocycles. The minimum atomic E-state index is -3.81. The number of nitrogens with one attached hydrogen (secondary N) is 1. The summed E-state index contributed by atoms with van der Waals surface area (Å²) in [5, 5.41) is 12.3. The molecule has 2 N–H and O–H groups in total. The van der Waals surface area contributed by atoms with Gasteiger partial charge in [-0.15, -0.1) is 0 Å². The highest BCUT2D eigenvalue weighted by atomic mass is 32.2. The normalized spacial score (nSPS) is 23.6. The monoisotopic (exact) mass is 376 g/mol. The minimum absolute atomic E-state index is 0.00735. The molecular weight excluding hydrogens is 356 g/mol. The number of sulfone groups is 1. The van der Waals surface area contributed by atoms with Crippen molar-refractivity contribution in [2.45, 2.75) is 30.3 Å². The number of aromatic nitrogens is 1. The molecule has 26 heavy (non-hydrogen) atoms. The van der Waals surface area contributed by atoms with Gasteiger partial charge in [-0.1, -0.05) is 6.07 Å². The average molecular weight is 376 g/mol. The molecule has 1 aromatic heterocycles. The fraction of sp³-hybridized carbons (Fsp3) is 0.389. The smallest absolute Gasteiger partial charge is 0.321 e. The number of carbonyl (C=O) groups is 2. The minimum Gasteiger partial charge on any atom is -0.480 e. The van der Waals surface area contributed by atoms with Gasteiger partial charge in [-0.05, 0) is 49.8 Å². The second kappa shape index (κ2) is 6.35. The van der Waals surface area contributed by atoms with Gasteiger partial charge in [0.25, 0.3) is 5.91 Å². The molecule has 2 aromatic rings. The zero-order valence-electron chi connectivity index (χ0n) is 14.5. The molecule has 1 aliphatic rings. The van der Waals surface area contributed by atoms with Crippen LogP contribution >= 0.6 is 0 Å². The van der Waals surface area contributed by atoms with Crippen LogP contribution in [0, 0.1) is 5.92 Å². The first-order valence-electron chi connectivity index (χ1n) is 8.23. The van der Waals surface area contributed by atoms with E-state index in [0.29, 0.717) is 5.56 Å². The summed E-state index contributed by atoms with van der Waals surface area (Å²) >= 11 is 0. The zero-order valence-corrected chi connectivity index (χ0v) is 15.3. The van der Waals surface area contributed by atoms with Crippen molar-refractivity contribution in [3.05, 3.63) is 42.2 Å². The topological polar surface area (TPSA) is 113 Å². The number of carboxylic acids is 1. The molecule has 2 unspecified atom stereocenters. The van der Waals surface area contributed by atoms with E-state index in [1.54, 1.807) is 24.5 Å². The average Bonchev–Trinajstić information content (AvgIpc) is 2.77. The van der Waals surface area contributed by atoms with Gasteiger partial charge in [0.15, 0.2) is 15.1 Å². The number of aliphatic carboxylic acids is 1. The van der Waals surface area contributed by atoms with E-state index in [9.17, 15) is 23.1 Å². The molecule has 1 fully saturated rings. The lowest BCUT2D eigenvalue weighted by Crippen LogP contribution is -2.41. The molecule has 8 heteroatoms. The van der Waals surface area contributed by atoms with Gasteiger partial charge in [-0.25, -0.2) is 8.42 Å². The van der Waals surface area contributed by atoms with E-state index in [0.717, 1.165) is 10.8 Å². The molecule has 3 rings (SSSR count). The molecule has 2 atom stereocenters. The van der Waals surface area contributed by atoms with Crippen LogP contribution in [0.5, 0.6) is 0 Å². The van der Waals surface area contributed by atoms with Crippen LogP contribution < -0.4 is 5.32 Å². The third-order valence-electron chi connectivity index (χ3n) is 5.28. The van der Waals surface area contributed by atoms with Gasteiger partial charge in [0.2, 0.25) is 0 Å². The zero-order chi connectivity index (χ0) is 19.1. The molecule has 138 valence electrons. The van der Waals surface area contributed by atoms with Crippen LogP contribution in [0.2, 0.25) is 0 Å². The lowest BCUT2D eigenvalue weighted by atomic mass is 9.90. The molecule has 2 heterocycles. The van der Waals surface area contributed by atoms with E-state index in [4.69, 9.17) is 0 Å².